The summed E-state index contributed by atoms with van der Waals surface area (Å²) >= 11 is 0. The van der Waals surface area contributed by atoms with E-state index in [-0.39, 0.29) is 23.3 Å². The predicted molar refractivity (Wildman–Crippen MR) is 104 cm³/mol. The van der Waals surface area contributed by atoms with Gasteiger partial charge in [0, 0.05) is 18.1 Å². The highest BCUT2D eigenvalue weighted by Gasteiger charge is 2.36. The Hall–Kier alpha value is -3.96. The molecule has 0 spiro atoms. The van der Waals surface area contributed by atoms with E-state index >= 15 is 0 Å². The van der Waals surface area contributed by atoms with Crippen LogP contribution in [0, 0.1) is 0 Å². The number of nitrogens with one attached hydrogen (secondary N) is 1. The largest absolute Gasteiger partial charge is 0.416 e. The van der Waals surface area contributed by atoms with E-state index in [2.05, 4.69) is 20.4 Å². The lowest BCUT2D eigenvalue weighted by molar-refractivity contribution is -0.143. The molecule has 1 N–H and O–H groups in total. The van der Waals surface area contributed by atoms with Gasteiger partial charge in [-0.15, -0.1) is 0 Å². The first-order chi connectivity index (χ1) is 15.5. The molecule has 4 rings (SSSR count). The van der Waals surface area contributed by atoms with E-state index < -0.39 is 35.9 Å². The number of fused-ring (bicyclic) bond motifs is 1. The number of hydrogen-bond acceptors (Lipinski definition) is 4. The molecule has 0 atom stereocenters. The van der Waals surface area contributed by atoms with Gasteiger partial charge in [0.1, 0.15) is 6.33 Å². The second-order valence-corrected chi connectivity index (χ2v) is 6.98. The quantitative estimate of drug-likeness (QED) is 0.441. The van der Waals surface area contributed by atoms with Crippen LogP contribution >= 0.6 is 0 Å². The fraction of sp³-hybridized carbons (Fsp3) is 0.143. The van der Waals surface area contributed by atoms with Crippen LogP contribution in [0.2, 0.25) is 0 Å². The molecule has 2 heterocycles. The van der Waals surface area contributed by atoms with Crippen molar-refractivity contribution in [3.05, 3.63) is 83.6 Å². The number of rotatable bonds is 4. The topological polar surface area (TPSA) is 72.7 Å². The molecule has 170 valence electrons. The van der Waals surface area contributed by atoms with Crippen molar-refractivity contribution in [1.29, 1.82) is 0 Å². The highest BCUT2D eigenvalue weighted by atomic mass is 19.4. The van der Waals surface area contributed by atoms with Gasteiger partial charge in [-0.05, 0) is 35.2 Å². The average Bonchev–Trinajstić information content (AvgIpc) is 3.26. The molecule has 1 amide bonds. The number of amides is 1. The molecule has 0 radical (unpaired) electrons. The fourth-order valence-electron chi connectivity index (χ4n) is 3.13. The second kappa shape index (κ2) is 8.19. The lowest BCUT2D eigenvalue weighted by atomic mass is 10.0. The van der Waals surface area contributed by atoms with Gasteiger partial charge in [-0.3, -0.25) is 4.79 Å². The van der Waals surface area contributed by atoms with Crippen LogP contribution in [-0.2, 0) is 18.9 Å². The number of halogens is 6. The minimum absolute atomic E-state index is 0.0212. The smallest absolute Gasteiger partial charge is 0.345 e. The first kappa shape index (κ1) is 22.2. The van der Waals surface area contributed by atoms with Gasteiger partial charge >= 0.3 is 12.4 Å². The van der Waals surface area contributed by atoms with Crippen LogP contribution < -0.4 is 5.32 Å². The van der Waals surface area contributed by atoms with Gasteiger partial charge in [0.15, 0.2) is 5.82 Å². The first-order valence-corrected chi connectivity index (χ1v) is 9.34. The van der Waals surface area contributed by atoms with Crippen molar-refractivity contribution in [2.75, 3.05) is 0 Å². The molecule has 0 saturated heterocycles. The molecule has 12 heteroatoms. The number of benzene rings is 2. The number of hydrogen-bond donors (Lipinski definition) is 1. The van der Waals surface area contributed by atoms with Crippen molar-refractivity contribution in [2.24, 2.45) is 0 Å². The molecule has 2 aromatic carbocycles. The Balaban J connectivity index is 1.59. The van der Waals surface area contributed by atoms with Crippen LogP contribution in [0.25, 0.3) is 16.6 Å². The van der Waals surface area contributed by atoms with Crippen molar-refractivity contribution in [2.45, 2.75) is 18.9 Å². The summed E-state index contributed by atoms with van der Waals surface area (Å²) in [6.07, 6.45) is -7.32. The maximum Gasteiger partial charge on any atom is 0.416 e. The highest BCUT2D eigenvalue weighted by molar-refractivity contribution is 5.91. The molecule has 0 aliphatic heterocycles. The Morgan fingerprint density at radius 1 is 0.879 bits per heavy atom. The summed E-state index contributed by atoms with van der Waals surface area (Å²) in [5.74, 6) is -0.830. The van der Waals surface area contributed by atoms with Crippen LogP contribution in [0.4, 0.5) is 26.3 Å². The Kier molecular flexibility index (Phi) is 5.52. The van der Waals surface area contributed by atoms with Crippen LogP contribution in [0.3, 0.4) is 0 Å². The van der Waals surface area contributed by atoms with Crippen LogP contribution in [-0.4, -0.2) is 25.7 Å². The Morgan fingerprint density at radius 3 is 2.15 bits per heavy atom. The van der Waals surface area contributed by atoms with Gasteiger partial charge < -0.3 is 5.32 Å². The van der Waals surface area contributed by atoms with Crippen molar-refractivity contribution >= 4 is 16.7 Å². The molecule has 4 aromatic rings. The molecule has 6 nitrogen and oxygen atoms in total. The molecular weight excluding hydrogens is 452 g/mol. The number of aromatic nitrogens is 4. The number of carbonyl (C=O) groups excluding carboxylic acids is 1. The lowest BCUT2D eigenvalue weighted by Gasteiger charge is -2.14. The third-order valence-electron chi connectivity index (χ3n) is 4.68. The van der Waals surface area contributed by atoms with Gasteiger partial charge in [-0.2, -0.15) is 36.1 Å². The Bertz CT molecular complexity index is 1300. The molecule has 0 fully saturated rings. The van der Waals surface area contributed by atoms with Gasteiger partial charge in [-0.1, -0.05) is 24.3 Å². The van der Waals surface area contributed by atoms with E-state index in [0.717, 1.165) is 21.8 Å². The summed E-state index contributed by atoms with van der Waals surface area (Å²) in [5, 5.41) is 7.89. The molecule has 0 aliphatic carbocycles. The van der Waals surface area contributed by atoms with Crippen molar-refractivity contribution in [3.63, 3.8) is 0 Å². The minimum atomic E-state index is -4.98. The van der Waals surface area contributed by atoms with Gasteiger partial charge in [0.25, 0.3) is 5.91 Å². The summed E-state index contributed by atoms with van der Waals surface area (Å²) < 4.78 is 79.3. The van der Waals surface area contributed by atoms with Gasteiger partial charge in [-0.25, -0.2) is 9.97 Å². The third kappa shape index (κ3) is 4.78. The maximum absolute atomic E-state index is 13.0. The number of pyridine rings is 1. The van der Waals surface area contributed by atoms with Crippen LogP contribution in [0.5, 0.6) is 0 Å². The summed E-state index contributed by atoms with van der Waals surface area (Å²) in [6.45, 7) is -0.593. The molecule has 2 aromatic heterocycles. The second-order valence-electron chi connectivity index (χ2n) is 6.98. The van der Waals surface area contributed by atoms with Crippen LogP contribution in [0.15, 0.2) is 61.1 Å². The number of carbonyl (C=O) groups is 1. The van der Waals surface area contributed by atoms with E-state index in [1.54, 1.807) is 12.3 Å². The predicted octanol–water partition coefficient (Wildman–Crippen LogP) is 4.78. The SMILES string of the molecule is O=C(NCc1cc(C(F)(F)F)cc(C(F)(F)F)c1)c1ncnn1-c1cc2ccccc2cn1. The number of alkyl halides is 6. The normalized spacial score (nSPS) is 12.2. The zero-order valence-corrected chi connectivity index (χ0v) is 16.4. The van der Waals surface area contributed by atoms with Crippen molar-refractivity contribution < 1.29 is 31.1 Å². The lowest BCUT2D eigenvalue weighted by Crippen LogP contribution is -2.27. The molecule has 0 bridgehead atoms. The molecule has 0 aliphatic rings. The third-order valence-corrected chi connectivity index (χ3v) is 4.68. The molecule has 33 heavy (non-hydrogen) atoms. The standard InChI is InChI=1S/C21H13F6N5O/c22-20(23,24)15-5-12(6-16(8-15)21(25,26)27)9-29-19(33)18-30-11-31-32(18)17-7-13-3-1-2-4-14(13)10-28-17/h1-8,10-11H,9H2,(H,29,33). The van der Waals surface area contributed by atoms with Crippen molar-refractivity contribution in [3.8, 4) is 5.82 Å². The first-order valence-electron chi connectivity index (χ1n) is 9.34. The minimum Gasteiger partial charge on any atom is -0.345 e. The summed E-state index contributed by atoms with van der Waals surface area (Å²) in [6, 6.07) is 10.1. The highest BCUT2D eigenvalue weighted by Crippen LogP contribution is 2.36. The zero-order chi connectivity index (χ0) is 23.8. The monoisotopic (exact) mass is 465 g/mol. The molecule has 0 saturated carbocycles. The summed E-state index contributed by atoms with van der Waals surface area (Å²) in [7, 11) is 0. The van der Waals surface area contributed by atoms with E-state index in [1.807, 2.05) is 24.3 Å². The zero-order valence-electron chi connectivity index (χ0n) is 16.4. The van der Waals surface area contributed by atoms with Crippen LogP contribution in [0.1, 0.15) is 27.3 Å². The average molecular weight is 465 g/mol. The summed E-state index contributed by atoms with van der Waals surface area (Å²) in [4.78, 5) is 20.7. The Morgan fingerprint density at radius 2 is 1.52 bits per heavy atom. The van der Waals surface area contributed by atoms with Gasteiger partial charge in [0.05, 0.1) is 11.1 Å². The molecule has 0 unspecified atom stereocenters. The van der Waals surface area contributed by atoms with Crippen molar-refractivity contribution in [1.82, 2.24) is 25.1 Å². The Labute approximate surface area is 181 Å². The maximum atomic E-state index is 13.0. The van der Waals surface area contributed by atoms with E-state index in [1.165, 1.54) is 0 Å². The van der Waals surface area contributed by atoms with E-state index in [0.29, 0.717) is 12.1 Å². The van der Waals surface area contributed by atoms with E-state index in [9.17, 15) is 31.1 Å². The fourth-order valence-corrected chi connectivity index (χ4v) is 3.13. The van der Waals surface area contributed by atoms with Gasteiger partial charge in [0.2, 0.25) is 5.82 Å². The number of nitrogens with zero attached hydrogens (tertiary/aromatic N) is 4. The van der Waals surface area contributed by atoms with E-state index in [4.69, 9.17) is 0 Å². The molecular formula is C21H13F6N5O. The summed E-state index contributed by atoms with van der Waals surface area (Å²) in [5.41, 5.74) is -3.31.